The Balaban J connectivity index is 2.11. The number of aryl methyl sites for hydroxylation is 1. The van der Waals surface area contributed by atoms with Crippen molar-refractivity contribution in [3.63, 3.8) is 0 Å². The molecule has 1 heterocycles. The predicted octanol–water partition coefficient (Wildman–Crippen LogP) is 2.46. The molecular weight excluding hydrogens is 258 g/mol. The molecule has 5 heteroatoms. The first-order chi connectivity index (χ1) is 9.24. The van der Waals surface area contributed by atoms with Gasteiger partial charge in [0.1, 0.15) is 5.69 Å². The SMILES string of the molecule is CCc1ccccc1NC(=O)c1csc(CCN)n1. The van der Waals surface area contributed by atoms with Crippen molar-refractivity contribution in [1.29, 1.82) is 0 Å². The lowest BCUT2D eigenvalue weighted by atomic mass is 10.1. The first-order valence-corrected chi connectivity index (χ1v) is 7.16. The maximum Gasteiger partial charge on any atom is 0.275 e. The Bertz CT molecular complexity index is 565. The number of hydrogen-bond acceptors (Lipinski definition) is 4. The topological polar surface area (TPSA) is 68.0 Å². The van der Waals surface area contributed by atoms with E-state index in [1.807, 2.05) is 24.3 Å². The van der Waals surface area contributed by atoms with Crippen LogP contribution in [0.25, 0.3) is 0 Å². The van der Waals surface area contributed by atoms with E-state index in [0.717, 1.165) is 22.7 Å². The van der Waals surface area contributed by atoms with Crippen LogP contribution in [0.4, 0.5) is 5.69 Å². The van der Waals surface area contributed by atoms with Crippen LogP contribution < -0.4 is 11.1 Å². The number of hydrogen-bond donors (Lipinski definition) is 2. The normalized spacial score (nSPS) is 10.4. The number of nitrogens with two attached hydrogens (primary N) is 1. The first-order valence-electron chi connectivity index (χ1n) is 6.28. The lowest BCUT2D eigenvalue weighted by molar-refractivity contribution is 0.102. The molecule has 0 aliphatic carbocycles. The number of carbonyl (C=O) groups is 1. The van der Waals surface area contributed by atoms with Gasteiger partial charge in [-0.3, -0.25) is 4.79 Å². The Morgan fingerprint density at radius 1 is 1.42 bits per heavy atom. The molecule has 0 aliphatic heterocycles. The summed E-state index contributed by atoms with van der Waals surface area (Å²) in [7, 11) is 0. The second-order valence-corrected chi connectivity index (χ2v) is 5.07. The summed E-state index contributed by atoms with van der Waals surface area (Å²) in [4.78, 5) is 16.4. The summed E-state index contributed by atoms with van der Waals surface area (Å²) in [6.07, 6.45) is 1.59. The van der Waals surface area contributed by atoms with Gasteiger partial charge in [-0.15, -0.1) is 11.3 Å². The van der Waals surface area contributed by atoms with Crippen molar-refractivity contribution < 1.29 is 4.79 Å². The third-order valence-electron chi connectivity index (χ3n) is 2.79. The molecule has 2 aromatic rings. The standard InChI is InChI=1S/C14H17N3OS/c1-2-10-5-3-4-6-11(10)17-14(18)12-9-19-13(16-12)7-8-15/h3-6,9H,2,7-8,15H2,1H3,(H,17,18). The monoisotopic (exact) mass is 275 g/mol. The molecule has 1 aromatic heterocycles. The fraction of sp³-hybridized carbons (Fsp3) is 0.286. The summed E-state index contributed by atoms with van der Waals surface area (Å²) in [6.45, 7) is 2.61. The molecule has 1 amide bonds. The molecule has 0 radical (unpaired) electrons. The highest BCUT2D eigenvalue weighted by molar-refractivity contribution is 7.09. The zero-order chi connectivity index (χ0) is 13.7. The van der Waals surface area contributed by atoms with Gasteiger partial charge in [0.25, 0.3) is 5.91 Å². The van der Waals surface area contributed by atoms with Crippen molar-refractivity contribution in [2.45, 2.75) is 19.8 Å². The van der Waals surface area contributed by atoms with E-state index in [1.165, 1.54) is 11.3 Å². The number of para-hydroxylation sites is 1. The van der Waals surface area contributed by atoms with Gasteiger partial charge in [-0.2, -0.15) is 0 Å². The number of nitrogens with one attached hydrogen (secondary N) is 1. The minimum Gasteiger partial charge on any atom is -0.330 e. The van der Waals surface area contributed by atoms with Gasteiger partial charge >= 0.3 is 0 Å². The minimum atomic E-state index is -0.166. The Hall–Kier alpha value is -1.72. The highest BCUT2D eigenvalue weighted by atomic mass is 32.1. The maximum atomic E-state index is 12.1. The molecule has 0 unspecified atom stereocenters. The third kappa shape index (κ3) is 3.39. The summed E-state index contributed by atoms with van der Waals surface area (Å²) in [5.74, 6) is -0.166. The summed E-state index contributed by atoms with van der Waals surface area (Å²) in [5, 5.41) is 5.58. The zero-order valence-electron chi connectivity index (χ0n) is 10.8. The molecule has 0 fully saturated rings. The number of carbonyl (C=O) groups excluding carboxylic acids is 1. The Morgan fingerprint density at radius 3 is 2.95 bits per heavy atom. The number of benzene rings is 1. The molecular formula is C14H17N3OS. The van der Waals surface area contributed by atoms with Crippen molar-refractivity contribution in [1.82, 2.24) is 4.98 Å². The van der Waals surface area contributed by atoms with E-state index >= 15 is 0 Å². The summed E-state index contributed by atoms with van der Waals surface area (Å²) in [5.41, 5.74) is 7.90. The number of amides is 1. The van der Waals surface area contributed by atoms with Gasteiger partial charge < -0.3 is 11.1 Å². The quantitative estimate of drug-likeness (QED) is 0.880. The number of anilines is 1. The lowest BCUT2D eigenvalue weighted by Crippen LogP contribution is -2.14. The third-order valence-corrected chi connectivity index (χ3v) is 3.70. The second-order valence-electron chi connectivity index (χ2n) is 4.13. The molecule has 100 valence electrons. The smallest absolute Gasteiger partial charge is 0.275 e. The molecule has 0 spiro atoms. The average Bonchev–Trinajstić information content (AvgIpc) is 2.88. The number of aromatic nitrogens is 1. The van der Waals surface area contributed by atoms with E-state index in [0.29, 0.717) is 18.7 Å². The molecule has 0 bridgehead atoms. The van der Waals surface area contributed by atoms with Crippen molar-refractivity contribution >= 4 is 22.9 Å². The van der Waals surface area contributed by atoms with Crippen LogP contribution >= 0.6 is 11.3 Å². The molecule has 1 aromatic carbocycles. The fourth-order valence-corrected chi connectivity index (χ4v) is 2.58. The maximum absolute atomic E-state index is 12.1. The van der Waals surface area contributed by atoms with Crippen LogP contribution in [0.15, 0.2) is 29.6 Å². The van der Waals surface area contributed by atoms with Gasteiger partial charge in [0.05, 0.1) is 5.01 Å². The lowest BCUT2D eigenvalue weighted by Gasteiger charge is -2.08. The first kappa shape index (κ1) is 13.7. The van der Waals surface area contributed by atoms with Crippen molar-refractivity contribution in [2.24, 2.45) is 5.73 Å². The Kier molecular flexibility index (Phi) is 4.65. The van der Waals surface area contributed by atoms with E-state index in [9.17, 15) is 4.79 Å². The molecule has 19 heavy (non-hydrogen) atoms. The number of nitrogens with zero attached hydrogens (tertiary/aromatic N) is 1. The molecule has 2 rings (SSSR count). The fourth-order valence-electron chi connectivity index (χ4n) is 1.79. The average molecular weight is 275 g/mol. The van der Waals surface area contributed by atoms with Crippen LogP contribution in [0.2, 0.25) is 0 Å². The highest BCUT2D eigenvalue weighted by Crippen LogP contribution is 2.17. The molecule has 0 aliphatic rings. The van der Waals surface area contributed by atoms with Gasteiger partial charge in [-0.1, -0.05) is 25.1 Å². The predicted molar refractivity (Wildman–Crippen MR) is 78.6 cm³/mol. The number of thiazole rings is 1. The van der Waals surface area contributed by atoms with Crippen LogP contribution in [0.3, 0.4) is 0 Å². The zero-order valence-corrected chi connectivity index (χ0v) is 11.7. The largest absolute Gasteiger partial charge is 0.330 e. The van der Waals surface area contributed by atoms with Gasteiger partial charge in [0, 0.05) is 17.5 Å². The Labute approximate surface area is 116 Å². The summed E-state index contributed by atoms with van der Waals surface area (Å²) >= 11 is 1.47. The Morgan fingerprint density at radius 2 is 2.21 bits per heavy atom. The van der Waals surface area contributed by atoms with E-state index < -0.39 is 0 Å². The van der Waals surface area contributed by atoms with Gasteiger partial charge in [-0.25, -0.2) is 4.98 Å². The van der Waals surface area contributed by atoms with Crippen LogP contribution in [-0.2, 0) is 12.8 Å². The molecule has 0 saturated carbocycles. The molecule has 3 N–H and O–H groups in total. The van der Waals surface area contributed by atoms with E-state index in [2.05, 4.69) is 17.2 Å². The van der Waals surface area contributed by atoms with E-state index in [1.54, 1.807) is 5.38 Å². The molecule has 0 atom stereocenters. The van der Waals surface area contributed by atoms with Crippen LogP contribution in [0.1, 0.15) is 28.0 Å². The van der Waals surface area contributed by atoms with E-state index in [-0.39, 0.29) is 5.91 Å². The van der Waals surface area contributed by atoms with E-state index in [4.69, 9.17) is 5.73 Å². The van der Waals surface area contributed by atoms with Crippen LogP contribution in [0.5, 0.6) is 0 Å². The van der Waals surface area contributed by atoms with Gasteiger partial charge in [0.2, 0.25) is 0 Å². The molecule has 0 saturated heterocycles. The minimum absolute atomic E-state index is 0.166. The van der Waals surface area contributed by atoms with Crippen LogP contribution in [0, 0.1) is 0 Å². The second kappa shape index (κ2) is 6.45. The summed E-state index contributed by atoms with van der Waals surface area (Å²) in [6, 6.07) is 7.80. The van der Waals surface area contributed by atoms with Gasteiger partial charge in [0.15, 0.2) is 0 Å². The molecule has 4 nitrogen and oxygen atoms in total. The van der Waals surface area contributed by atoms with Gasteiger partial charge in [-0.05, 0) is 24.6 Å². The van der Waals surface area contributed by atoms with Crippen LogP contribution in [-0.4, -0.2) is 17.4 Å². The summed E-state index contributed by atoms with van der Waals surface area (Å²) < 4.78 is 0. The number of rotatable bonds is 5. The van der Waals surface area contributed by atoms with Crippen molar-refractivity contribution in [3.8, 4) is 0 Å². The van der Waals surface area contributed by atoms with Crippen molar-refractivity contribution in [2.75, 3.05) is 11.9 Å². The highest BCUT2D eigenvalue weighted by Gasteiger charge is 2.12. The van der Waals surface area contributed by atoms with Crippen molar-refractivity contribution in [3.05, 3.63) is 45.9 Å².